The molecule has 1 aromatic heterocycles. The molecule has 2 heterocycles. The molecule has 1 aliphatic carbocycles. The van der Waals surface area contributed by atoms with Crippen molar-refractivity contribution in [1.82, 2.24) is 5.01 Å². The van der Waals surface area contributed by atoms with Crippen LogP contribution in [0.3, 0.4) is 0 Å². The van der Waals surface area contributed by atoms with E-state index in [0.29, 0.717) is 25.8 Å². The normalized spacial score (nSPS) is 20.8. The van der Waals surface area contributed by atoms with Crippen LogP contribution in [-0.2, 0) is 16.0 Å². The van der Waals surface area contributed by atoms with Crippen molar-refractivity contribution in [2.24, 2.45) is 11.0 Å². The lowest BCUT2D eigenvalue weighted by atomic mass is 9.83. The van der Waals surface area contributed by atoms with E-state index in [1.807, 2.05) is 0 Å². The van der Waals surface area contributed by atoms with Crippen LogP contribution in [0.25, 0.3) is 0 Å². The van der Waals surface area contributed by atoms with Gasteiger partial charge in [-0.25, -0.2) is 5.01 Å². The maximum Gasteiger partial charge on any atom is 0.303 e. The first kappa shape index (κ1) is 14.3. The quantitative estimate of drug-likeness (QED) is 0.850. The maximum absolute atomic E-state index is 12.1. The summed E-state index contributed by atoms with van der Waals surface area (Å²) in [6, 6.07) is 2.10. The van der Waals surface area contributed by atoms with Gasteiger partial charge in [0.15, 0.2) is 0 Å². The van der Waals surface area contributed by atoms with E-state index < -0.39 is 5.97 Å². The number of hydrogen-bond acceptors (Lipinski definition) is 4. The molecule has 1 aromatic rings. The van der Waals surface area contributed by atoms with Crippen LogP contribution in [0.5, 0.6) is 0 Å². The Kier molecular flexibility index (Phi) is 4.05. The second-order valence-electron chi connectivity index (χ2n) is 5.55. The first-order chi connectivity index (χ1) is 10.1. The van der Waals surface area contributed by atoms with Gasteiger partial charge >= 0.3 is 5.97 Å². The van der Waals surface area contributed by atoms with Gasteiger partial charge in [-0.1, -0.05) is 0 Å². The highest BCUT2D eigenvalue weighted by atomic mass is 32.1. The van der Waals surface area contributed by atoms with Crippen LogP contribution in [-0.4, -0.2) is 34.2 Å². The van der Waals surface area contributed by atoms with E-state index in [-0.39, 0.29) is 18.2 Å². The average Bonchev–Trinajstić information content (AvgIpc) is 2.92. The van der Waals surface area contributed by atoms with E-state index in [0.717, 1.165) is 18.6 Å². The highest BCUT2D eigenvalue weighted by Gasteiger charge is 2.34. The van der Waals surface area contributed by atoms with Crippen molar-refractivity contribution < 1.29 is 14.7 Å². The monoisotopic (exact) mass is 306 g/mol. The fourth-order valence-corrected chi connectivity index (χ4v) is 3.88. The van der Waals surface area contributed by atoms with Gasteiger partial charge in [-0.3, -0.25) is 9.59 Å². The standard InChI is InChI=1S/C15H18N2O3S/c18-13-9-10-4-5-12-11(6-8-21-12)15(10)16-17(13)7-2-1-3-14(19)20/h6,8,10H,1-5,7,9H2,(H,19,20). The number of thiophene rings is 1. The van der Waals surface area contributed by atoms with Crippen molar-refractivity contribution in [2.75, 3.05) is 6.54 Å². The Hall–Kier alpha value is -1.69. The molecule has 2 aliphatic rings. The first-order valence-electron chi connectivity index (χ1n) is 7.32. The predicted octanol–water partition coefficient (Wildman–Crippen LogP) is 2.50. The lowest BCUT2D eigenvalue weighted by Gasteiger charge is -2.32. The summed E-state index contributed by atoms with van der Waals surface area (Å²) in [5.41, 5.74) is 2.26. The number of carbonyl (C=O) groups excluding carboxylic acids is 1. The molecule has 0 fully saturated rings. The number of hydrogen-bond donors (Lipinski definition) is 1. The van der Waals surface area contributed by atoms with Crippen LogP contribution in [0.1, 0.15) is 42.5 Å². The Morgan fingerprint density at radius 2 is 2.33 bits per heavy atom. The molecule has 21 heavy (non-hydrogen) atoms. The Balaban J connectivity index is 1.70. The molecule has 0 aromatic carbocycles. The molecule has 0 bridgehead atoms. The summed E-state index contributed by atoms with van der Waals surface area (Å²) >= 11 is 1.76. The summed E-state index contributed by atoms with van der Waals surface area (Å²) in [5, 5.41) is 16.8. The Morgan fingerprint density at radius 1 is 1.48 bits per heavy atom. The molecule has 5 nitrogen and oxygen atoms in total. The van der Waals surface area contributed by atoms with Gasteiger partial charge in [0.25, 0.3) is 0 Å². The van der Waals surface area contributed by atoms with Crippen LogP contribution in [0.15, 0.2) is 16.5 Å². The highest BCUT2D eigenvalue weighted by Crippen LogP contribution is 2.34. The first-order valence-corrected chi connectivity index (χ1v) is 8.20. The number of carboxylic acids is 1. The molecular formula is C15H18N2O3S. The second kappa shape index (κ2) is 5.97. The molecule has 1 amide bonds. The number of nitrogens with zero attached hydrogens (tertiary/aromatic N) is 2. The van der Waals surface area contributed by atoms with Crippen molar-refractivity contribution in [2.45, 2.75) is 38.5 Å². The molecule has 1 aliphatic heterocycles. The molecule has 0 spiro atoms. The molecule has 1 N–H and O–H groups in total. The summed E-state index contributed by atoms with van der Waals surface area (Å²) in [6.45, 7) is 0.516. The minimum atomic E-state index is -0.790. The number of aliphatic carboxylic acids is 1. The third-order valence-electron chi connectivity index (χ3n) is 4.08. The number of carbonyl (C=O) groups is 2. The van der Waals surface area contributed by atoms with Gasteiger partial charge < -0.3 is 5.11 Å². The number of hydrazone groups is 1. The zero-order chi connectivity index (χ0) is 14.8. The average molecular weight is 306 g/mol. The van der Waals surface area contributed by atoms with Crippen LogP contribution in [0.4, 0.5) is 0 Å². The second-order valence-corrected chi connectivity index (χ2v) is 6.55. The smallest absolute Gasteiger partial charge is 0.303 e. The largest absolute Gasteiger partial charge is 0.481 e. The van der Waals surface area contributed by atoms with Gasteiger partial charge in [-0.2, -0.15) is 5.10 Å². The molecule has 0 saturated carbocycles. The molecule has 1 unspecified atom stereocenters. The van der Waals surface area contributed by atoms with Crippen molar-refractivity contribution >= 4 is 28.9 Å². The third-order valence-corrected chi connectivity index (χ3v) is 5.06. The molecule has 3 rings (SSSR count). The fourth-order valence-electron chi connectivity index (χ4n) is 2.97. The van der Waals surface area contributed by atoms with Crippen LogP contribution >= 0.6 is 11.3 Å². The van der Waals surface area contributed by atoms with E-state index in [1.54, 1.807) is 16.3 Å². The van der Waals surface area contributed by atoms with E-state index in [1.165, 1.54) is 10.4 Å². The minimum Gasteiger partial charge on any atom is -0.481 e. The molecule has 0 radical (unpaired) electrons. The highest BCUT2D eigenvalue weighted by molar-refractivity contribution is 7.10. The van der Waals surface area contributed by atoms with Crippen molar-refractivity contribution in [3.8, 4) is 0 Å². The summed E-state index contributed by atoms with van der Waals surface area (Å²) in [7, 11) is 0. The third kappa shape index (κ3) is 3.00. The van der Waals surface area contributed by atoms with E-state index in [9.17, 15) is 9.59 Å². The van der Waals surface area contributed by atoms with Gasteiger partial charge in [0.05, 0.1) is 5.71 Å². The lowest BCUT2D eigenvalue weighted by Crippen LogP contribution is -2.39. The van der Waals surface area contributed by atoms with E-state index in [2.05, 4.69) is 16.5 Å². The minimum absolute atomic E-state index is 0.0674. The maximum atomic E-state index is 12.1. The van der Waals surface area contributed by atoms with Gasteiger partial charge in [0.1, 0.15) is 0 Å². The van der Waals surface area contributed by atoms with Crippen LogP contribution in [0.2, 0.25) is 0 Å². The molecule has 0 saturated heterocycles. The summed E-state index contributed by atoms with van der Waals surface area (Å²) in [5.74, 6) is -0.464. The Morgan fingerprint density at radius 3 is 3.14 bits per heavy atom. The number of fused-ring (bicyclic) bond motifs is 3. The zero-order valence-corrected chi connectivity index (χ0v) is 12.6. The lowest BCUT2D eigenvalue weighted by molar-refractivity contribution is -0.137. The summed E-state index contributed by atoms with van der Waals surface area (Å²) in [6.07, 6.45) is 3.99. The fraction of sp³-hybridized carbons (Fsp3) is 0.533. The van der Waals surface area contributed by atoms with Gasteiger partial charge in [0.2, 0.25) is 5.91 Å². The van der Waals surface area contributed by atoms with Gasteiger partial charge in [0, 0.05) is 35.7 Å². The number of carboxylic acid groups (broad SMARTS) is 1. The molecular weight excluding hydrogens is 288 g/mol. The van der Waals surface area contributed by atoms with E-state index >= 15 is 0 Å². The number of amides is 1. The topological polar surface area (TPSA) is 70.0 Å². The predicted molar refractivity (Wildman–Crippen MR) is 80.5 cm³/mol. The van der Waals surface area contributed by atoms with E-state index in [4.69, 9.17) is 5.11 Å². The number of rotatable bonds is 5. The van der Waals surface area contributed by atoms with Gasteiger partial charge in [-0.15, -0.1) is 11.3 Å². The molecule has 112 valence electrons. The Bertz CT molecular complexity index is 593. The van der Waals surface area contributed by atoms with Crippen molar-refractivity contribution in [3.63, 3.8) is 0 Å². The zero-order valence-electron chi connectivity index (χ0n) is 11.7. The summed E-state index contributed by atoms with van der Waals surface area (Å²) < 4.78 is 0. The number of unbranched alkanes of at least 4 members (excludes halogenated alkanes) is 1. The molecule has 6 heteroatoms. The van der Waals surface area contributed by atoms with Crippen molar-refractivity contribution in [1.29, 1.82) is 0 Å². The van der Waals surface area contributed by atoms with Crippen LogP contribution < -0.4 is 0 Å². The van der Waals surface area contributed by atoms with Gasteiger partial charge in [-0.05, 0) is 37.1 Å². The summed E-state index contributed by atoms with van der Waals surface area (Å²) in [4.78, 5) is 24.0. The number of aryl methyl sites for hydroxylation is 1. The van der Waals surface area contributed by atoms with Crippen LogP contribution in [0, 0.1) is 5.92 Å². The SMILES string of the molecule is O=C(O)CCCCN1N=C2c3ccsc3CCC2CC1=O. The Labute approximate surface area is 127 Å². The van der Waals surface area contributed by atoms with Crippen molar-refractivity contribution in [3.05, 3.63) is 21.9 Å². The molecule has 1 atom stereocenters.